The lowest BCUT2D eigenvalue weighted by molar-refractivity contribution is 0.414. The van der Waals surface area contributed by atoms with E-state index in [1.54, 1.807) is 6.07 Å². The first-order chi connectivity index (χ1) is 9.84. The lowest BCUT2D eigenvalue weighted by Crippen LogP contribution is -1.97. The first-order valence-corrected chi connectivity index (χ1v) is 4.50. The van der Waals surface area contributed by atoms with Crippen LogP contribution in [0.2, 0.25) is 0 Å². The fraction of sp³-hybridized carbons (Fsp3) is 0.300. The molecule has 0 aliphatic heterocycles. The molecule has 74 valence electrons. The normalized spacial score (nSPS) is 22.1. The van der Waals surface area contributed by atoms with E-state index in [-0.39, 0.29) is 15.7 Å². The van der Waals surface area contributed by atoms with E-state index in [9.17, 15) is 0 Å². The summed E-state index contributed by atoms with van der Waals surface area (Å²) < 4.78 is 65.0. The molecule has 2 rings (SSSR count). The van der Waals surface area contributed by atoms with Crippen LogP contribution >= 0.6 is 15.9 Å². The number of methoxy groups -OCH3 is 1. The Morgan fingerprint density at radius 2 is 2.64 bits per heavy atom. The maximum absolute atomic E-state index is 7.81. The quantitative estimate of drug-likeness (QED) is 0.833. The lowest BCUT2D eigenvalue weighted by Gasteiger charge is -2.07. The standard InChI is InChI=1S/C10H11BrN2O/c1-3-13-9-7(6-12-13)4-5-8(11)10(9)14-2/h4-6H,3H2,1-2H3/i1D3,2D3,3D2. The Balaban J connectivity index is 2.76. The van der Waals surface area contributed by atoms with Crippen molar-refractivity contribution >= 4 is 26.8 Å². The molecule has 0 radical (unpaired) electrons. The first-order valence-electron chi connectivity index (χ1n) is 7.70. The van der Waals surface area contributed by atoms with E-state index < -0.39 is 20.4 Å². The van der Waals surface area contributed by atoms with Gasteiger partial charge in [-0.25, -0.2) is 0 Å². The highest BCUT2D eigenvalue weighted by atomic mass is 79.9. The Kier molecular flexibility index (Phi) is 0.993. The summed E-state index contributed by atoms with van der Waals surface area (Å²) in [7, 11) is -2.78. The fourth-order valence-electron chi connectivity index (χ4n) is 1.24. The zero-order valence-electron chi connectivity index (χ0n) is 14.9. The second kappa shape index (κ2) is 3.61. The second-order valence-corrected chi connectivity index (χ2v) is 3.44. The van der Waals surface area contributed by atoms with Crippen LogP contribution in [0.5, 0.6) is 5.75 Å². The Morgan fingerprint density at radius 3 is 3.43 bits per heavy atom. The van der Waals surface area contributed by atoms with Crippen LogP contribution in [0.4, 0.5) is 0 Å². The molecule has 2 aromatic rings. The number of hydrogen-bond acceptors (Lipinski definition) is 2. The van der Waals surface area contributed by atoms with Gasteiger partial charge in [-0.3, -0.25) is 4.68 Å². The highest BCUT2D eigenvalue weighted by Crippen LogP contribution is 2.33. The van der Waals surface area contributed by atoms with Gasteiger partial charge in [-0.05, 0) is 34.9 Å². The van der Waals surface area contributed by atoms with Crippen molar-refractivity contribution in [2.75, 3.05) is 7.04 Å². The molecule has 0 atom stereocenters. The SMILES string of the molecule is [2H]C([2H])([2H])Oc1c(Br)ccc2cnn(C([2H])([2H])C([2H])([2H])[2H])c12. The van der Waals surface area contributed by atoms with Crippen LogP contribution in [0.25, 0.3) is 10.9 Å². The largest absolute Gasteiger partial charge is 0.493 e. The minimum absolute atomic E-state index is 0.0494. The lowest BCUT2D eigenvalue weighted by atomic mass is 10.2. The van der Waals surface area contributed by atoms with Crippen molar-refractivity contribution in [3.63, 3.8) is 0 Å². The first kappa shape index (κ1) is 3.85. The molecule has 0 unspecified atom stereocenters. The number of fused-ring (bicyclic) bond motifs is 1. The molecular formula is C10H11BrN2O. The van der Waals surface area contributed by atoms with Crippen LogP contribution < -0.4 is 4.74 Å². The molecule has 0 N–H and O–H groups in total. The number of aryl methyl sites for hydroxylation is 1. The van der Waals surface area contributed by atoms with E-state index >= 15 is 0 Å². The van der Waals surface area contributed by atoms with Gasteiger partial charge >= 0.3 is 0 Å². The Morgan fingerprint density at radius 1 is 1.71 bits per heavy atom. The van der Waals surface area contributed by atoms with Crippen molar-refractivity contribution in [2.24, 2.45) is 0 Å². The van der Waals surface area contributed by atoms with Gasteiger partial charge in [-0.1, -0.05) is 0 Å². The van der Waals surface area contributed by atoms with E-state index in [2.05, 4.69) is 21.0 Å². The zero-order valence-corrected chi connectivity index (χ0v) is 8.50. The van der Waals surface area contributed by atoms with Crippen molar-refractivity contribution in [1.82, 2.24) is 9.78 Å². The summed E-state index contributed by atoms with van der Waals surface area (Å²) >= 11 is 3.13. The van der Waals surface area contributed by atoms with E-state index in [1.165, 1.54) is 12.3 Å². The number of rotatable bonds is 2. The van der Waals surface area contributed by atoms with E-state index in [0.717, 1.165) is 0 Å². The minimum atomic E-state index is -2.99. The number of nitrogens with zero attached hydrogens (tertiary/aromatic N) is 2. The van der Waals surface area contributed by atoms with E-state index in [4.69, 9.17) is 15.7 Å². The van der Waals surface area contributed by atoms with E-state index in [1.807, 2.05) is 0 Å². The van der Waals surface area contributed by atoms with Crippen LogP contribution in [0.15, 0.2) is 22.8 Å². The van der Waals surface area contributed by atoms with Gasteiger partial charge in [0.05, 0.1) is 24.6 Å². The van der Waals surface area contributed by atoms with E-state index in [0.29, 0.717) is 10.1 Å². The van der Waals surface area contributed by atoms with Crippen LogP contribution in [-0.2, 0) is 6.50 Å². The van der Waals surface area contributed by atoms with Crippen molar-refractivity contribution in [2.45, 2.75) is 13.3 Å². The highest BCUT2D eigenvalue weighted by molar-refractivity contribution is 9.10. The Bertz CT molecular complexity index is 705. The van der Waals surface area contributed by atoms with Crippen molar-refractivity contribution in [3.05, 3.63) is 22.8 Å². The summed E-state index contributed by atoms with van der Waals surface area (Å²) in [5.74, 6) is -0.192. The summed E-state index contributed by atoms with van der Waals surface area (Å²) in [5, 5.41) is 4.12. The summed E-state index contributed by atoms with van der Waals surface area (Å²) in [6.07, 6.45) is 1.25. The molecule has 3 nitrogen and oxygen atoms in total. The second-order valence-electron chi connectivity index (χ2n) is 2.58. The highest BCUT2D eigenvalue weighted by Gasteiger charge is 2.10. The third-order valence-electron chi connectivity index (χ3n) is 1.85. The van der Waals surface area contributed by atoms with Gasteiger partial charge in [0.15, 0.2) is 5.75 Å². The third-order valence-corrected chi connectivity index (χ3v) is 2.47. The predicted molar refractivity (Wildman–Crippen MR) is 59.7 cm³/mol. The molecular weight excluding hydrogens is 244 g/mol. The molecule has 0 aliphatic rings. The Labute approximate surface area is 102 Å². The molecule has 0 fully saturated rings. The number of hydrogen-bond donors (Lipinski definition) is 0. The molecule has 1 aromatic carbocycles. The van der Waals surface area contributed by atoms with Crippen LogP contribution in [0.1, 0.15) is 17.8 Å². The van der Waals surface area contributed by atoms with Gasteiger partial charge in [0.1, 0.15) is 5.52 Å². The number of benzene rings is 1. The van der Waals surface area contributed by atoms with Crippen LogP contribution in [-0.4, -0.2) is 16.8 Å². The third kappa shape index (κ3) is 1.30. The van der Waals surface area contributed by atoms with Crippen molar-refractivity contribution < 1.29 is 15.7 Å². The van der Waals surface area contributed by atoms with Gasteiger partial charge in [-0.15, -0.1) is 0 Å². The van der Waals surface area contributed by atoms with Crippen molar-refractivity contribution in [1.29, 1.82) is 0 Å². The van der Waals surface area contributed by atoms with Crippen molar-refractivity contribution in [3.8, 4) is 5.75 Å². The monoisotopic (exact) mass is 262 g/mol. The fourth-order valence-corrected chi connectivity index (χ4v) is 1.64. The zero-order chi connectivity index (χ0) is 16.9. The molecule has 14 heavy (non-hydrogen) atoms. The topological polar surface area (TPSA) is 27.1 Å². The average Bonchev–Trinajstić information content (AvgIpc) is 2.74. The van der Waals surface area contributed by atoms with Crippen LogP contribution in [0, 0.1) is 0 Å². The summed E-state index contributed by atoms with van der Waals surface area (Å²) in [4.78, 5) is 0. The van der Waals surface area contributed by atoms with Crippen LogP contribution in [0.3, 0.4) is 0 Å². The number of halogens is 1. The van der Waals surface area contributed by atoms with Gasteiger partial charge in [0.25, 0.3) is 0 Å². The van der Waals surface area contributed by atoms with Gasteiger partial charge < -0.3 is 4.74 Å². The smallest absolute Gasteiger partial charge is 0.158 e. The molecule has 0 spiro atoms. The molecule has 0 saturated heterocycles. The molecule has 1 heterocycles. The van der Waals surface area contributed by atoms with Gasteiger partial charge in [0, 0.05) is 16.0 Å². The molecule has 0 saturated carbocycles. The molecule has 0 aliphatic carbocycles. The Hall–Kier alpha value is -1.03. The maximum atomic E-state index is 7.81. The number of aromatic nitrogens is 2. The molecule has 0 amide bonds. The van der Waals surface area contributed by atoms with Gasteiger partial charge in [0.2, 0.25) is 0 Å². The minimum Gasteiger partial charge on any atom is -0.493 e. The molecule has 0 bridgehead atoms. The summed E-state index contributed by atoms with van der Waals surface area (Å²) in [6, 6.07) is 3.06. The predicted octanol–water partition coefficient (Wildman–Crippen LogP) is 2.83. The summed E-state index contributed by atoms with van der Waals surface area (Å²) in [5.41, 5.74) is -0.0494. The molecule has 1 aromatic heterocycles. The average molecular weight is 263 g/mol. The maximum Gasteiger partial charge on any atom is 0.158 e. The number of ether oxygens (including phenoxy) is 1. The summed E-state index contributed by atoms with van der Waals surface area (Å²) in [6.45, 7) is -5.83. The van der Waals surface area contributed by atoms with Gasteiger partial charge in [-0.2, -0.15) is 5.10 Å². The molecule has 4 heteroatoms.